The maximum Gasteiger partial charge on any atom is 0.332 e. The van der Waals surface area contributed by atoms with Crippen molar-refractivity contribution in [1.29, 1.82) is 0 Å². The molecule has 1 saturated heterocycles. The fraction of sp³-hybridized carbons (Fsp3) is 0.333. The Hall–Kier alpha value is -3.38. The van der Waals surface area contributed by atoms with E-state index in [4.69, 9.17) is 21.6 Å². The molecule has 4 aromatic rings. The summed E-state index contributed by atoms with van der Waals surface area (Å²) < 4.78 is 10.8. The quantitative estimate of drug-likeness (QED) is 0.364. The number of hydrogen-bond acceptors (Lipinski definition) is 6. The molecule has 0 radical (unpaired) electrons. The van der Waals surface area contributed by atoms with Gasteiger partial charge < -0.3 is 19.5 Å². The number of rotatable bonds is 5. The smallest absolute Gasteiger partial charge is 0.332 e. The van der Waals surface area contributed by atoms with Gasteiger partial charge in [0.1, 0.15) is 5.76 Å². The van der Waals surface area contributed by atoms with E-state index in [0.717, 1.165) is 20.4 Å². The van der Waals surface area contributed by atoms with Crippen LogP contribution in [0.15, 0.2) is 61.1 Å². The minimum atomic E-state index is -0.398. The number of nitrogens with one attached hydrogen (secondary N) is 1. The van der Waals surface area contributed by atoms with Crippen molar-refractivity contribution in [2.45, 2.75) is 13.1 Å². The molecular formula is C24H26BrN7O3S. The lowest BCUT2D eigenvalue weighted by Crippen LogP contribution is -2.52. The molecule has 5 rings (SSSR count). The Morgan fingerprint density at radius 1 is 1.08 bits per heavy atom. The Labute approximate surface area is 220 Å². The van der Waals surface area contributed by atoms with E-state index in [1.807, 2.05) is 41.0 Å². The fourth-order valence-corrected chi connectivity index (χ4v) is 4.91. The molecule has 0 saturated carbocycles. The molecule has 0 aliphatic carbocycles. The average molecular weight is 572 g/mol. The Kier molecular flexibility index (Phi) is 6.71. The molecular weight excluding hydrogens is 546 g/mol. The van der Waals surface area contributed by atoms with Crippen LogP contribution in [0.1, 0.15) is 11.3 Å². The summed E-state index contributed by atoms with van der Waals surface area (Å²) in [6, 6.07) is 11.7. The summed E-state index contributed by atoms with van der Waals surface area (Å²) in [4.78, 5) is 34.8. The minimum absolute atomic E-state index is 0.356. The van der Waals surface area contributed by atoms with Gasteiger partial charge in [-0.1, -0.05) is 28.1 Å². The zero-order valence-electron chi connectivity index (χ0n) is 20.0. The van der Waals surface area contributed by atoms with Gasteiger partial charge in [-0.05, 0) is 42.0 Å². The first kappa shape index (κ1) is 24.3. The van der Waals surface area contributed by atoms with Crippen LogP contribution in [0.5, 0.6) is 0 Å². The molecule has 0 atom stereocenters. The number of benzene rings is 1. The molecule has 0 spiro atoms. The topological polar surface area (TPSA) is 93.5 Å². The first-order chi connectivity index (χ1) is 17.3. The Morgan fingerprint density at radius 3 is 2.47 bits per heavy atom. The third-order valence-electron chi connectivity index (χ3n) is 6.43. The highest BCUT2D eigenvalue weighted by atomic mass is 79.9. The van der Waals surface area contributed by atoms with Gasteiger partial charge in [0.2, 0.25) is 5.95 Å². The van der Waals surface area contributed by atoms with E-state index in [-0.39, 0.29) is 5.56 Å². The largest absolute Gasteiger partial charge is 0.467 e. The molecule has 1 aromatic carbocycles. The van der Waals surface area contributed by atoms with Crippen molar-refractivity contribution in [3.63, 3.8) is 0 Å². The van der Waals surface area contributed by atoms with E-state index in [2.05, 4.69) is 31.0 Å². The molecule has 36 heavy (non-hydrogen) atoms. The van der Waals surface area contributed by atoms with Crippen LogP contribution in [0.3, 0.4) is 0 Å². The number of anilines is 1. The van der Waals surface area contributed by atoms with Gasteiger partial charge in [-0.2, -0.15) is 4.98 Å². The molecule has 188 valence electrons. The average Bonchev–Trinajstić information content (AvgIpc) is 3.54. The third-order valence-corrected chi connectivity index (χ3v) is 7.36. The molecule has 1 aliphatic heterocycles. The number of hydrogen-bond donors (Lipinski definition) is 1. The van der Waals surface area contributed by atoms with Crippen LogP contribution in [0.2, 0.25) is 0 Å². The highest BCUT2D eigenvalue weighted by molar-refractivity contribution is 9.10. The summed E-state index contributed by atoms with van der Waals surface area (Å²) in [5.74, 6) is 1.49. The second kappa shape index (κ2) is 9.94. The molecule has 0 unspecified atom stereocenters. The number of piperazine rings is 1. The lowest BCUT2D eigenvalue weighted by molar-refractivity contribution is 0.373. The molecule has 1 aliphatic rings. The van der Waals surface area contributed by atoms with Crippen molar-refractivity contribution in [2.75, 3.05) is 31.1 Å². The number of nitrogens with zero attached hydrogens (tertiary/aromatic N) is 6. The predicted octanol–water partition coefficient (Wildman–Crippen LogP) is 2.03. The molecule has 10 nitrogen and oxygen atoms in total. The zero-order chi connectivity index (χ0) is 25.4. The fourth-order valence-electron chi connectivity index (χ4n) is 4.40. The summed E-state index contributed by atoms with van der Waals surface area (Å²) >= 11 is 9.06. The highest BCUT2D eigenvalue weighted by Crippen LogP contribution is 2.23. The molecule has 12 heteroatoms. The van der Waals surface area contributed by atoms with Crippen LogP contribution in [0.25, 0.3) is 11.2 Å². The maximum atomic E-state index is 13.2. The second-order valence-electron chi connectivity index (χ2n) is 8.71. The Morgan fingerprint density at radius 2 is 1.81 bits per heavy atom. The molecule has 1 N–H and O–H groups in total. The van der Waals surface area contributed by atoms with Crippen LogP contribution < -0.4 is 21.5 Å². The third kappa shape index (κ3) is 4.58. The summed E-state index contributed by atoms with van der Waals surface area (Å²) in [7, 11) is 3.14. The van der Waals surface area contributed by atoms with Crippen molar-refractivity contribution in [3.8, 4) is 0 Å². The maximum absolute atomic E-state index is 13.2. The van der Waals surface area contributed by atoms with Crippen LogP contribution in [-0.2, 0) is 27.2 Å². The van der Waals surface area contributed by atoms with E-state index in [1.54, 1.807) is 13.3 Å². The lowest BCUT2D eigenvalue weighted by atomic mass is 10.2. The molecule has 0 bridgehead atoms. The lowest BCUT2D eigenvalue weighted by Gasteiger charge is -2.36. The number of imidazole rings is 1. The summed E-state index contributed by atoms with van der Waals surface area (Å²) in [6.45, 7) is 3.72. The van der Waals surface area contributed by atoms with Gasteiger partial charge in [0.15, 0.2) is 16.3 Å². The molecule has 1 fully saturated rings. The van der Waals surface area contributed by atoms with E-state index >= 15 is 0 Å². The first-order valence-electron chi connectivity index (χ1n) is 11.5. The summed E-state index contributed by atoms with van der Waals surface area (Å²) in [6.07, 6.45) is 1.64. The van der Waals surface area contributed by atoms with Crippen molar-refractivity contribution >= 4 is 50.4 Å². The van der Waals surface area contributed by atoms with Crippen LogP contribution in [0, 0.1) is 0 Å². The van der Waals surface area contributed by atoms with Crippen molar-refractivity contribution in [1.82, 2.24) is 28.9 Å². The van der Waals surface area contributed by atoms with Gasteiger partial charge in [-0.15, -0.1) is 0 Å². The van der Waals surface area contributed by atoms with Crippen molar-refractivity contribution in [2.24, 2.45) is 14.1 Å². The van der Waals surface area contributed by atoms with Gasteiger partial charge in [-0.3, -0.25) is 18.5 Å². The number of fused-ring (bicyclic) bond motifs is 1. The monoisotopic (exact) mass is 571 g/mol. The SMILES string of the molecule is Cn1c(=O)c2c(nc(N3CCN(C(=S)NCc4ccco4)CC3)n2Cc2ccc(Br)cc2)n(C)c1=O. The minimum Gasteiger partial charge on any atom is -0.467 e. The first-order valence-corrected chi connectivity index (χ1v) is 12.7. The van der Waals surface area contributed by atoms with Gasteiger partial charge in [0, 0.05) is 44.7 Å². The van der Waals surface area contributed by atoms with Crippen molar-refractivity contribution < 1.29 is 4.42 Å². The van der Waals surface area contributed by atoms with E-state index in [0.29, 0.717) is 61.5 Å². The highest BCUT2D eigenvalue weighted by Gasteiger charge is 2.26. The number of thiocarbonyl (C=S) groups is 1. The van der Waals surface area contributed by atoms with E-state index < -0.39 is 5.69 Å². The van der Waals surface area contributed by atoms with Gasteiger partial charge >= 0.3 is 5.69 Å². The second-order valence-corrected chi connectivity index (χ2v) is 10.0. The zero-order valence-corrected chi connectivity index (χ0v) is 22.4. The molecule has 4 heterocycles. The van der Waals surface area contributed by atoms with Crippen LogP contribution >= 0.6 is 28.1 Å². The number of aryl methyl sites for hydroxylation is 1. The summed E-state index contributed by atoms with van der Waals surface area (Å²) in [5, 5.41) is 3.92. The number of furan rings is 1. The summed E-state index contributed by atoms with van der Waals surface area (Å²) in [5.41, 5.74) is 1.07. The van der Waals surface area contributed by atoms with Crippen LogP contribution in [-0.4, -0.2) is 54.9 Å². The van der Waals surface area contributed by atoms with Crippen LogP contribution in [0.4, 0.5) is 5.95 Å². The van der Waals surface area contributed by atoms with Crippen molar-refractivity contribution in [3.05, 3.63) is 79.3 Å². The normalized spacial score (nSPS) is 14.0. The number of aromatic nitrogens is 4. The Balaban J connectivity index is 1.43. The predicted molar refractivity (Wildman–Crippen MR) is 145 cm³/mol. The van der Waals surface area contributed by atoms with E-state index in [1.165, 1.54) is 11.6 Å². The molecule has 0 amide bonds. The standard InChI is InChI=1S/C24H26BrN7O3S/c1-28-20-19(21(33)29(2)24(28)34)32(15-16-5-7-17(25)8-6-16)22(27-20)30-9-11-31(12-10-30)23(36)26-14-18-4-3-13-35-18/h3-8,13H,9-12,14-15H2,1-2H3,(H,26,36). The number of halogens is 1. The van der Waals surface area contributed by atoms with Gasteiger partial charge in [0.05, 0.1) is 19.4 Å². The van der Waals surface area contributed by atoms with Gasteiger partial charge in [-0.25, -0.2) is 4.79 Å². The molecule has 3 aromatic heterocycles. The Bertz CT molecular complexity index is 1510. The van der Waals surface area contributed by atoms with Gasteiger partial charge in [0.25, 0.3) is 5.56 Å². The van der Waals surface area contributed by atoms with E-state index in [9.17, 15) is 9.59 Å².